The number of aromatic hydroxyl groups is 1. The van der Waals surface area contributed by atoms with Crippen molar-refractivity contribution in [1.82, 2.24) is 4.98 Å². The molecule has 5 heteroatoms. The molecule has 0 saturated heterocycles. The van der Waals surface area contributed by atoms with E-state index in [1.807, 2.05) is 31.5 Å². The number of nitrogens with zero attached hydrogens (tertiary/aromatic N) is 1. The number of aromatic amines is 1. The van der Waals surface area contributed by atoms with Gasteiger partial charge in [0.25, 0.3) is 17.1 Å². The number of aryl methyl sites for hydroxylation is 2. The molecule has 2 N–H and O–H groups in total. The highest BCUT2D eigenvalue weighted by Crippen LogP contribution is 2.14. The van der Waals surface area contributed by atoms with Gasteiger partial charge >= 0.3 is 0 Å². The molecule has 2 heterocycles. The van der Waals surface area contributed by atoms with Crippen molar-refractivity contribution in [1.29, 1.82) is 0 Å². The zero-order valence-electron chi connectivity index (χ0n) is 9.57. The van der Waals surface area contributed by atoms with Crippen molar-refractivity contribution in [2.45, 2.75) is 13.8 Å². The van der Waals surface area contributed by atoms with E-state index in [1.165, 1.54) is 6.07 Å². The molecule has 0 spiro atoms. The van der Waals surface area contributed by atoms with Gasteiger partial charge in [-0.05, 0) is 19.9 Å². The maximum Gasteiger partial charge on any atom is 0.274 e. The van der Waals surface area contributed by atoms with Gasteiger partial charge in [0.15, 0.2) is 12.4 Å². The van der Waals surface area contributed by atoms with Crippen molar-refractivity contribution in [2.75, 3.05) is 0 Å². The Morgan fingerprint density at radius 1 is 1.35 bits per heavy atom. The van der Waals surface area contributed by atoms with E-state index in [9.17, 15) is 9.90 Å². The lowest BCUT2D eigenvalue weighted by Gasteiger charge is -2.02. The van der Waals surface area contributed by atoms with Crippen LogP contribution in [0.25, 0.3) is 5.69 Å². The van der Waals surface area contributed by atoms with E-state index in [2.05, 4.69) is 4.98 Å². The van der Waals surface area contributed by atoms with Crippen LogP contribution >= 0.6 is 0 Å². The second-order valence-electron chi connectivity index (χ2n) is 3.80. The molecule has 0 saturated carbocycles. The van der Waals surface area contributed by atoms with Gasteiger partial charge in [0.05, 0.1) is 0 Å². The molecule has 0 aromatic carbocycles. The van der Waals surface area contributed by atoms with Crippen molar-refractivity contribution in [3.05, 3.63) is 52.1 Å². The monoisotopic (exact) mass is 252 g/mol. The van der Waals surface area contributed by atoms with Gasteiger partial charge in [-0.2, -0.15) is 4.57 Å². The topological polar surface area (TPSA) is 57.0 Å². The molecule has 0 amide bonds. The molecule has 0 unspecified atom stereocenters. The van der Waals surface area contributed by atoms with Crippen LogP contribution < -0.4 is 22.5 Å². The molecular weight excluding hydrogens is 240 g/mol. The van der Waals surface area contributed by atoms with Crippen LogP contribution in [0, 0.1) is 13.8 Å². The first-order valence-electron chi connectivity index (χ1n) is 4.99. The number of rotatable bonds is 1. The van der Waals surface area contributed by atoms with Crippen molar-refractivity contribution < 1.29 is 22.1 Å². The van der Waals surface area contributed by atoms with Crippen molar-refractivity contribution in [3.8, 4) is 11.6 Å². The number of nitrogens with one attached hydrogen (secondary N) is 1. The summed E-state index contributed by atoms with van der Waals surface area (Å²) < 4.78 is 1.79. The molecule has 0 fully saturated rings. The van der Waals surface area contributed by atoms with E-state index in [1.54, 1.807) is 11.5 Å². The van der Waals surface area contributed by atoms with Crippen LogP contribution in [0.15, 0.2) is 35.4 Å². The SMILES string of the molecule is Cc1ccc[n+](-c2c(C)cc(=O)[nH]c2O)c1.[Cl-]. The van der Waals surface area contributed by atoms with Gasteiger partial charge in [0.1, 0.15) is 0 Å². The summed E-state index contributed by atoms with van der Waals surface area (Å²) in [5.74, 6) is -0.111. The molecule has 2 aromatic rings. The average Bonchev–Trinajstić information content (AvgIpc) is 2.15. The molecule has 17 heavy (non-hydrogen) atoms. The van der Waals surface area contributed by atoms with Gasteiger partial charge in [-0.1, -0.05) is 0 Å². The standard InChI is InChI=1S/C12H12N2O2.ClH/c1-8-4-3-5-14(7-8)11-9(2)6-10(15)13-12(11)16;/h3-7H,1-2H3,(H-,13,15,16);1H. The third kappa shape index (κ3) is 2.65. The van der Waals surface area contributed by atoms with E-state index in [0.717, 1.165) is 11.1 Å². The summed E-state index contributed by atoms with van der Waals surface area (Å²) in [6.45, 7) is 3.76. The highest BCUT2D eigenvalue weighted by atomic mass is 35.5. The molecule has 0 aliphatic heterocycles. The Balaban J connectivity index is 0.00000144. The molecule has 0 atom stereocenters. The van der Waals surface area contributed by atoms with Crippen molar-refractivity contribution in [3.63, 3.8) is 0 Å². The molecular formula is C12H13ClN2O2. The summed E-state index contributed by atoms with van der Waals surface area (Å²) in [6, 6.07) is 5.32. The molecule has 90 valence electrons. The molecule has 0 aliphatic carbocycles. The van der Waals surface area contributed by atoms with Crippen LogP contribution in [0.2, 0.25) is 0 Å². The number of aromatic nitrogens is 2. The fourth-order valence-electron chi connectivity index (χ4n) is 1.72. The fourth-order valence-corrected chi connectivity index (χ4v) is 1.72. The smallest absolute Gasteiger partial charge is 0.274 e. The van der Waals surface area contributed by atoms with E-state index >= 15 is 0 Å². The Labute approximate surface area is 105 Å². The highest BCUT2D eigenvalue weighted by Gasteiger charge is 2.16. The molecule has 0 radical (unpaired) electrons. The Morgan fingerprint density at radius 2 is 2.06 bits per heavy atom. The normalized spacial score (nSPS) is 9.76. The van der Waals surface area contributed by atoms with Crippen molar-refractivity contribution >= 4 is 0 Å². The lowest BCUT2D eigenvalue weighted by atomic mass is 10.2. The summed E-state index contributed by atoms with van der Waals surface area (Å²) >= 11 is 0. The average molecular weight is 253 g/mol. The largest absolute Gasteiger partial charge is 1.00 e. The number of halogens is 1. The van der Waals surface area contributed by atoms with Gasteiger partial charge < -0.3 is 17.5 Å². The Hall–Kier alpha value is -1.81. The minimum atomic E-state index is -0.299. The van der Waals surface area contributed by atoms with E-state index in [0.29, 0.717) is 5.69 Å². The minimum absolute atomic E-state index is 0. The molecule has 0 bridgehead atoms. The first kappa shape index (κ1) is 13.3. The van der Waals surface area contributed by atoms with Crippen molar-refractivity contribution in [2.24, 2.45) is 0 Å². The molecule has 2 aromatic heterocycles. The van der Waals surface area contributed by atoms with E-state index in [-0.39, 0.29) is 23.8 Å². The molecule has 4 nitrogen and oxygen atoms in total. The molecule has 2 rings (SSSR count). The van der Waals surface area contributed by atoms with Crippen LogP contribution in [0.4, 0.5) is 0 Å². The van der Waals surface area contributed by atoms with Crippen LogP contribution in [0.5, 0.6) is 5.88 Å². The first-order chi connectivity index (χ1) is 7.58. The van der Waals surface area contributed by atoms with Crippen LogP contribution in [-0.2, 0) is 0 Å². The summed E-state index contributed by atoms with van der Waals surface area (Å²) in [7, 11) is 0. The van der Waals surface area contributed by atoms with E-state index < -0.39 is 0 Å². The summed E-state index contributed by atoms with van der Waals surface area (Å²) in [5.41, 5.74) is 2.11. The van der Waals surface area contributed by atoms with E-state index in [4.69, 9.17) is 0 Å². The summed E-state index contributed by atoms with van der Waals surface area (Å²) in [4.78, 5) is 13.5. The van der Waals surface area contributed by atoms with Crippen LogP contribution in [0.3, 0.4) is 0 Å². The Kier molecular flexibility index (Phi) is 3.91. The van der Waals surface area contributed by atoms with Gasteiger partial charge in [-0.25, -0.2) is 0 Å². The number of pyridine rings is 2. The highest BCUT2D eigenvalue weighted by molar-refractivity contribution is 5.39. The van der Waals surface area contributed by atoms with Crippen LogP contribution in [0.1, 0.15) is 11.1 Å². The third-order valence-corrected chi connectivity index (χ3v) is 2.39. The number of hydrogen-bond donors (Lipinski definition) is 2. The minimum Gasteiger partial charge on any atom is -1.00 e. The third-order valence-electron chi connectivity index (χ3n) is 2.39. The van der Waals surface area contributed by atoms with Gasteiger partial charge in [0.2, 0.25) is 0 Å². The Bertz CT molecular complexity index is 567. The first-order valence-corrected chi connectivity index (χ1v) is 4.99. The lowest BCUT2D eigenvalue weighted by Crippen LogP contribution is -3.00. The van der Waals surface area contributed by atoms with Gasteiger partial charge in [-0.3, -0.25) is 9.78 Å². The van der Waals surface area contributed by atoms with Crippen LogP contribution in [-0.4, -0.2) is 10.1 Å². The zero-order chi connectivity index (χ0) is 11.7. The summed E-state index contributed by atoms with van der Waals surface area (Å²) in [6.07, 6.45) is 3.72. The Morgan fingerprint density at radius 3 is 2.65 bits per heavy atom. The molecule has 0 aliphatic rings. The second kappa shape index (κ2) is 5.01. The predicted molar refractivity (Wildman–Crippen MR) is 59.7 cm³/mol. The zero-order valence-corrected chi connectivity index (χ0v) is 10.3. The number of H-pyrrole nitrogens is 1. The van der Waals surface area contributed by atoms with Gasteiger partial charge in [-0.15, -0.1) is 0 Å². The fraction of sp³-hybridized carbons (Fsp3) is 0.167. The lowest BCUT2D eigenvalue weighted by molar-refractivity contribution is -0.597. The maximum atomic E-state index is 11.1. The van der Waals surface area contributed by atoms with Gasteiger partial charge in [0, 0.05) is 23.3 Å². The second-order valence-corrected chi connectivity index (χ2v) is 3.80. The quantitative estimate of drug-likeness (QED) is 0.576. The summed E-state index contributed by atoms with van der Waals surface area (Å²) in [5, 5.41) is 9.74. The number of hydrogen-bond acceptors (Lipinski definition) is 2. The predicted octanol–water partition coefficient (Wildman–Crippen LogP) is -2.02. The maximum absolute atomic E-state index is 11.1.